The molecule has 5 heteroatoms. The lowest BCUT2D eigenvalue weighted by atomic mass is 10.1. The first-order valence-electron chi connectivity index (χ1n) is 6.52. The summed E-state index contributed by atoms with van der Waals surface area (Å²) in [6.07, 6.45) is 7.16. The molecule has 1 spiro atoms. The van der Waals surface area contributed by atoms with E-state index in [2.05, 4.69) is 10.3 Å². The first kappa shape index (κ1) is 12.6. The predicted octanol–water partition coefficient (Wildman–Crippen LogP) is 0.986. The van der Waals surface area contributed by atoms with Crippen molar-refractivity contribution in [2.45, 2.75) is 50.4 Å². The molecule has 3 N–H and O–H groups in total. The summed E-state index contributed by atoms with van der Waals surface area (Å²) in [7, 11) is 1.67. The molecule has 1 unspecified atom stereocenters. The molecule has 1 saturated heterocycles. The van der Waals surface area contributed by atoms with E-state index in [0.717, 1.165) is 12.8 Å². The molecule has 0 aromatic rings. The van der Waals surface area contributed by atoms with Gasteiger partial charge in [0.25, 0.3) is 0 Å². The Hall–Kier alpha value is -0.810. The van der Waals surface area contributed by atoms with Gasteiger partial charge in [0, 0.05) is 26.4 Å². The Balaban J connectivity index is 1.81. The molecule has 98 valence electrons. The van der Waals surface area contributed by atoms with Crippen molar-refractivity contribution in [2.24, 2.45) is 10.7 Å². The largest absolute Gasteiger partial charge is 0.370 e. The zero-order chi connectivity index (χ0) is 12.1. The van der Waals surface area contributed by atoms with Gasteiger partial charge in [0.2, 0.25) is 0 Å². The molecule has 0 aromatic carbocycles. The Kier molecular flexibility index (Phi) is 4.23. The van der Waals surface area contributed by atoms with Crippen LogP contribution < -0.4 is 11.1 Å². The maximum atomic E-state index is 6.07. The lowest BCUT2D eigenvalue weighted by molar-refractivity contribution is -0.175. The summed E-state index contributed by atoms with van der Waals surface area (Å²) in [5.74, 6) is 0.149. The predicted molar refractivity (Wildman–Crippen MR) is 66.8 cm³/mol. The molecule has 1 aliphatic heterocycles. The fourth-order valence-corrected chi connectivity index (χ4v) is 2.54. The van der Waals surface area contributed by atoms with Gasteiger partial charge in [-0.2, -0.15) is 0 Å². The zero-order valence-corrected chi connectivity index (χ0v) is 10.6. The first-order chi connectivity index (χ1) is 8.24. The molecule has 17 heavy (non-hydrogen) atoms. The van der Waals surface area contributed by atoms with Crippen molar-refractivity contribution in [3.8, 4) is 0 Å². The highest BCUT2D eigenvalue weighted by Gasteiger charge is 2.41. The van der Waals surface area contributed by atoms with Crippen LogP contribution in [0.1, 0.15) is 38.5 Å². The minimum absolute atomic E-state index is 0.0911. The van der Waals surface area contributed by atoms with Crippen LogP contribution in [-0.4, -0.2) is 38.0 Å². The molecule has 0 bridgehead atoms. The summed E-state index contributed by atoms with van der Waals surface area (Å²) in [6.45, 7) is 1.33. The number of nitrogens with two attached hydrogens (primary N) is 1. The second-order valence-corrected chi connectivity index (χ2v) is 4.87. The Morgan fingerprint density at radius 3 is 2.71 bits per heavy atom. The highest BCUT2D eigenvalue weighted by Crippen LogP contribution is 2.36. The van der Waals surface area contributed by atoms with Crippen LogP contribution in [0.4, 0.5) is 0 Å². The number of hydrogen-bond acceptors (Lipinski definition) is 3. The average Bonchev–Trinajstić information content (AvgIpc) is 2.59. The standard InChI is InChI=1S/C12H23N3O2/c1-14-11(13)15-8-10-9-16-12(17-10)6-4-2-3-5-7-12/h10H,2-9H2,1H3,(H3,13,14,15). The minimum atomic E-state index is -0.305. The van der Waals surface area contributed by atoms with E-state index in [-0.39, 0.29) is 11.9 Å². The topological polar surface area (TPSA) is 68.9 Å². The van der Waals surface area contributed by atoms with Crippen LogP contribution in [-0.2, 0) is 9.47 Å². The molecule has 1 atom stereocenters. The molecule has 0 aromatic heterocycles. The normalized spacial score (nSPS) is 29.2. The number of hydrogen-bond donors (Lipinski definition) is 2. The van der Waals surface area contributed by atoms with E-state index in [9.17, 15) is 0 Å². The second-order valence-electron chi connectivity index (χ2n) is 4.87. The number of guanidine groups is 1. The van der Waals surface area contributed by atoms with Crippen LogP contribution in [0, 0.1) is 0 Å². The van der Waals surface area contributed by atoms with E-state index in [1.54, 1.807) is 7.05 Å². The number of ether oxygens (including phenoxy) is 2. The van der Waals surface area contributed by atoms with Crippen molar-refractivity contribution in [3.05, 3.63) is 0 Å². The second kappa shape index (κ2) is 5.69. The third kappa shape index (κ3) is 3.33. The molecule has 2 aliphatic rings. The Morgan fingerprint density at radius 2 is 2.06 bits per heavy atom. The van der Waals surface area contributed by atoms with E-state index in [1.165, 1.54) is 25.7 Å². The highest BCUT2D eigenvalue weighted by atomic mass is 16.7. The van der Waals surface area contributed by atoms with Gasteiger partial charge >= 0.3 is 0 Å². The molecule has 5 nitrogen and oxygen atoms in total. The summed E-state index contributed by atoms with van der Waals surface area (Å²) in [6, 6.07) is 0. The van der Waals surface area contributed by atoms with Crippen molar-refractivity contribution in [2.75, 3.05) is 20.2 Å². The number of rotatable bonds is 2. The highest BCUT2D eigenvalue weighted by molar-refractivity contribution is 5.77. The van der Waals surface area contributed by atoms with Crippen molar-refractivity contribution in [1.29, 1.82) is 0 Å². The first-order valence-corrected chi connectivity index (χ1v) is 6.52. The monoisotopic (exact) mass is 241 g/mol. The number of aliphatic imine (C=N–C) groups is 1. The van der Waals surface area contributed by atoms with Crippen LogP contribution in [0.5, 0.6) is 0 Å². The SMILES string of the molecule is CN=C(N)NCC1COC2(CCCCCC2)O1. The third-order valence-electron chi connectivity index (χ3n) is 3.53. The molecular weight excluding hydrogens is 218 g/mol. The van der Waals surface area contributed by atoms with Gasteiger partial charge in [-0.3, -0.25) is 4.99 Å². The van der Waals surface area contributed by atoms with Crippen LogP contribution in [0.2, 0.25) is 0 Å². The molecule has 0 amide bonds. The van der Waals surface area contributed by atoms with Gasteiger partial charge in [-0.25, -0.2) is 0 Å². The smallest absolute Gasteiger partial charge is 0.188 e. The van der Waals surface area contributed by atoms with Gasteiger partial charge < -0.3 is 20.5 Å². The fourth-order valence-electron chi connectivity index (χ4n) is 2.54. The van der Waals surface area contributed by atoms with E-state index in [4.69, 9.17) is 15.2 Å². The van der Waals surface area contributed by atoms with Crippen molar-refractivity contribution in [1.82, 2.24) is 5.32 Å². The van der Waals surface area contributed by atoms with Gasteiger partial charge in [-0.15, -0.1) is 0 Å². The van der Waals surface area contributed by atoms with Crippen LogP contribution in [0.3, 0.4) is 0 Å². The quantitative estimate of drug-likeness (QED) is 0.559. The van der Waals surface area contributed by atoms with Gasteiger partial charge in [-0.1, -0.05) is 12.8 Å². The zero-order valence-electron chi connectivity index (χ0n) is 10.6. The van der Waals surface area contributed by atoms with Crippen LogP contribution in [0.15, 0.2) is 4.99 Å². The van der Waals surface area contributed by atoms with E-state index >= 15 is 0 Å². The molecule has 1 heterocycles. The molecule has 2 fully saturated rings. The van der Waals surface area contributed by atoms with E-state index < -0.39 is 0 Å². The van der Waals surface area contributed by atoms with Crippen molar-refractivity contribution < 1.29 is 9.47 Å². The summed E-state index contributed by atoms with van der Waals surface area (Å²) in [5, 5.41) is 3.03. The third-order valence-corrected chi connectivity index (χ3v) is 3.53. The molecular formula is C12H23N3O2. The Labute approximate surface area is 103 Å². The molecule has 0 radical (unpaired) electrons. The summed E-state index contributed by atoms with van der Waals surface area (Å²) in [4.78, 5) is 3.86. The van der Waals surface area contributed by atoms with E-state index in [0.29, 0.717) is 19.1 Å². The van der Waals surface area contributed by atoms with Gasteiger partial charge in [-0.05, 0) is 12.8 Å². The maximum Gasteiger partial charge on any atom is 0.188 e. The molecule has 2 rings (SSSR count). The molecule has 1 saturated carbocycles. The van der Waals surface area contributed by atoms with Crippen molar-refractivity contribution in [3.63, 3.8) is 0 Å². The summed E-state index contributed by atoms with van der Waals surface area (Å²) < 4.78 is 12.0. The number of nitrogens with one attached hydrogen (secondary N) is 1. The summed E-state index contributed by atoms with van der Waals surface area (Å²) >= 11 is 0. The Bertz CT molecular complexity index is 273. The summed E-state index contributed by atoms with van der Waals surface area (Å²) in [5.41, 5.74) is 5.59. The van der Waals surface area contributed by atoms with Crippen molar-refractivity contribution >= 4 is 5.96 Å². The van der Waals surface area contributed by atoms with Crippen LogP contribution in [0.25, 0.3) is 0 Å². The maximum absolute atomic E-state index is 6.07. The fraction of sp³-hybridized carbons (Fsp3) is 0.917. The lowest BCUT2D eigenvalue weighted by Gasteiger charge is -2.26. The Morgan fingerprint density at radius 1 is 1.35 bits per heavy atom. The average molecular weight is 241 g/mol. The van der Waals surface area contributed by atoms with Crippen LogP contribution >= 0.6 is 0 Å². The van der Waals surface area contributed by atoms with E-state index in [1.807, 2.05) is 0 Å². The van der Waals surface area contributed by atoms with Gasteiger partial charge in [0.1, 0.15) is 6.10 Å². The van der Waals surface area contributed by atoms with Gasteiger partial charge in [0.15, 0.2) is 11.7 Å². The minimum Gasteiger partial charge on any atom is -0.370 e. The van der Waals surface area contributed by atoms with Gasteiger partial charge in [0.05, 0.1) is 6.61 Å². The number of nitrogens with zero attached hydrogens (tertiary/aromatic N) is 1. The lowest BCUT2D eigenvalue weighted by Crippen LogP contribution is -2.39. The molecule has 1 aliphatic carbocycles.